The van der Waals surface area contributed by atoms with Crippen molar-refractivity contribution in [2.75, 3.05) is 6.61 Å². The van der Waals surface area contributed by atoms with Crippen LogP contribution in [-0.4, -0.2) is 39.8 Å². The van der Waals surface area contributed by atoms with Gasteiger partial charge in [0.25, 0.3) is 0 Å². The molecule has 0 heterocycles. The Bertz CT molecular complexity index is 1740. The second-order valence-electron chi connectivity index (χ2n) is 13.6. The molecule has 0 aromatic heterocycles. The molecule has 0 radical (unpaired) electrons. The predicted molar refractivity (Wildman–Crippen MR) is 204 cm³/mol. The summed E-state index contributed by atoms with van der Waals surface area (Å²) in [5.41, 5.74) is 2.95. The number of rotatable bonds is 12. The highest BCUT2D eigenvalue weighted by Gasteiger charge is 2.26. The van der Waals surface area contributed by atoms with Crippen LogP contribution in [0.2, 0.25) is 0 Å². The van der Waals surface area contributed by atoms with Crippen molar-refractivity contribution in [3.63, 3.8) is 0 Å². The topological polar surface area (TPSA) is 140 Å². The zero-order valence-corrected chi connectivity index (χ0v) is 32.1. The maximum atomic E-state index is 11.9. The van der Waals surface area contributed by atoms with Crippen LogP contribution in [0.4, 0.5) is 0 Å². The van der Waals surface area contributed by atoms with Crippen LogP contribution < -0.4 is 4.74 Å². The average Bonchev–Trinajstić information content (AvgIpc) is 3.13. The van der Waals surface area contributed by atoms with E-state index in [1.54, 1.807) is 56.3 Å². The number of aromatic hydroxyl groups is 3. The van der Waals surface area contributed by atoms with Crippen LogP contribution in [0, 0.1) is 31.1 Å². The van der Waals surface area contributed by atoms with E-state index in [-0.39, 0.29) is 53.6 Å². The molecule has 0 aliphatic heterocycles. The molecular weight excluding hydrogens is 660 g/mol. The number of aryl methyl sites for hydroxylation is 2. The third-order valence-electron chi connectivity index (χ3n) is 9.06. The molecule has 4 aromatic rings. The number of carbonyl (C=O) groups excluding carboxylic acids is 3. The quantitative estimate of drug-likeness (QED) is 0.0966. The summed E-state index contributed by atoms with van der Waals surface area (Å²) in [6.07, 6.45) is 2.95. The van der Waals surface area contributed by atoms with Crippen LogP contribution in [0.3, 0.4) is 0 Å². The first-order valence-corrected chi connectivity index (χ1v) is 17.9. The largest absolute Gasteiger partial charge is 0.508 e. The summed E-state index contributed by atoms with van der Waals surface area (Å²) in [7, 11) is 0. The molecule has 0 amide bonds. The lowest BCUT2D eigenvalue weighted by molar-refractivity contribution is -0.154. The molecule has 0 fully saturated rings. The Balaban J connectivity index is 0.000000276. The van der Waals surface area contributed by atoms with Crippen LogP contribution in [0.25, 0.3) is 10.8 Å². The Morgan fingerprint density at radius 3 is 1.87 bits per heavy atom. The second-order valence-corrected chi connectivity index (χ2v) is 13.6. The fraction of sp³-hybridized carbons (Fsp3) is 0.419. The van der Waals surface area contributed by atoms with Crippen molar-refractivity contribution < 1.29 is 43.9 Å². The number of hydrogen-bond acceptors (Lipinski definition) is 9. The number of esters is 3. The zero-order chi connectivity index (χ0) is 39.0. The van der Waals surface area contributed by atoms with E-state index in [1.807, 2.05) is 78.8 Å². The van der Waals surface area contributed by atoms with Gasteiger partial charge in [-0.05, 0) is 105 Å². The number of benzene rings is 4. The van der Waals surface area contributed by atoms with Crippen LogP contribution in [0.5, 0.6) is 23.0 Å². The van der Waals surface area contributed by atoms with Gasteiger partial charge in [0, 0.05) is 11.8 Å². The van der Waals surface area contributed by atoms with E-state index < -0.39 is 5.41 Å². The lowest BCUT2D eigenvalue weighted by Crippen LogP contribution is -2.26. The molecule has 0 aliphatic rings. The van der Waals surface area contributed by atoms with Crippen LogP contribution in [0.15, 0.2) is 72.8 Å². The Morgan fingerprint density at radius 1 is 0.731 bits per heavy atom. The lowest BCUT2D eigenvalue weighted by atomic mass is 9.91. The van der Waals surface area contributed by atoms with Crippen LogP contribution >= 0.6 is 0 Å². The summed E-state index contributed by atoms with van der Waals surface area (Å²) in [6.45, 7) is 17.5. The molecule has 282 valence electrons. The number of ether oxygens (including phenoxy) is 3. The highest BCUT2D eigenvalue weighted by atomic mass is 16.5. The van der Waals surface area contributed by atoms with E-state index >= 15 is 0 Å². The predicted octanol–water partition coefficient (Wildman–Crippen LogP) is 9.51. The van der Waals surface area contributed by atoms with Gasteiger partial charge in [-0.25, -0.2) is 0 Å². The van der Waals surface area contributed by atoms with Crippen molar-refractivity contribution in [3.8, 4) is 23.0 Å². The normalized spacial score (nSPS) is 11.9. The molecule has 9 heteroatoms. The van der Waals surface area contributed by atoms with Gasteiger partial charge in [-0.2, -0.15) is 0 Å². The summed E-state index contributed by atoms with van der Waals surface area (Å²) in [4.78, 5) is 34.9. The van der Waals surface area contributed by atoms with Crippen molar-refractivity contribution in [2.24, 2.45) is 17.3 Å². The van der Waals surface area contributed by atoms with Gasteiger partial charge in [-0.3, -0.25) is 14.4 Å². The van der Waals surface area contributed by atoms with E-state index in [2.05, 4.69) is 0 Å². The smallest absolute Gasteiger partial charge is 0.314 e. The maximum absolute atomic E-state index is 11.9. The first-order valence-electron chi connectivity index (χ1n) is 17.9. The molecule has 0 aliphatic carbocycles. The monoisotopic (exact) mass is 716 g/mol. The summed E-state index contributed by atoms with van der Waals surface area (Å²) >= 11 is 0. The molecule has 3 N–H and O–H groups in total. The Morgan fingerprint density at radius 2 is 1.29 bits per heavy atom. The van der Waals surface area contributed by atoms with E-state index in [9.17, 15) is 24.6 Å². The third kappa shape index (κ3) is 13.2. The zero-order valence-electron chi connectivity index (χ0n) is 32.1. The SMILES string of the molecule is CCC(C)(C)C(=O)OCCc1cccc2c(O)cccc12.CCC(C)C(=O)OCc1ccc(O)cc1.CCC(C)C(=O)Oc1cc(C)c(O)c(C)c1. The van der Waals surface area contributed by atoms with Crippen molar-refractivity contribution >= 4 is 28.7 Å². The standard InChI is InChI=1S/C18H22O3.C13H18O3.C12H16O3/c1-4-18(2,3)17(20)21-12-11-13-7-5-9-15-14(13)8-6-10-16(15)19;1-5-8(2)13(15)16-11-6-9(3)12(14)10(4)7-11;1-3-9(2)12(14)15-8-10-4-6-11(13)7-5-10/h5-10,19H,4,11-12H2,1-3H3;6-8,14H,5H2,1-4H3;4-7,9,13H,3,8H2,1-2H3. The number of phenolic OH excluding ortho intramolecular Hbond substituents is 3. The minimum Gasteiger partial charge on any atom is -0.508 e. The molecule has 4 aromatic carbocycles. The molecule has 0 saturated carbocycles. The van der Waals surface area contributed by atoms with E-state index in [4.69, 9.17) is 19.3 Å². The number of carbonyl (C=O) groups is 3. The van der Waals surface area contributed by atoms with Gasteiger partial charge < -0.3 is 29.5 Å². The van der Waals surface area contributed by atoms with Gasteiger partial charge in [0.15, 0.2) is 0 Å². The fourth-order valence-corrected chi connectivity index (χ4v) is 4.58. The molecule has 0 spiro atoms. The lowest BCUT2D eigenvalue weighted by Gasteiger charge is -2.20. The average molecular weight is 717 g/mol. The molecule has 2 atom stereocenters. The van der Waals surface area contributed by atoms with Gasteiger partial charge in [0.05, 0.1) is 23.9 Å². The molecule has 9 nitrogen and oxygen atoms in total. The molecule has 0 bridgehead atoms. The van der Waals surface area contributed by atoms with Gasteiger partial charge in [-0.1, -0.05) is 77.1 Å². The van der Waals surface area contributed by atoms with Gasteiger partial charge in [-0.15, -0.1) is 0 Å². The van der Waals surface area contributed by atoms with E-state index in [0.29, 0.717) is 29.9 Å². The molecule has 2 unspecified atom stereocenters. The Kier molecular flexibility index (Phi) is 17.2. The minimum atomic E-state index is -0.434. The van der Waals surface area contributed by atoms with E-state index in [0.717, 1.165) is 41.2 Å². The Hall–Kier alpha value is -5.05. The first kappa shape index (κ1) is 43.1. The summed E-state index contributed by atoms with van der Waals surface area (Å²) in [6, 6.07) is 21.2. The van der Waals surface area contributed by atoms with Crippen molar-refractivity contribution in [3.05, 3.63) is 95.1 Å². The second kappa shape index (κ2) is 20.7. The summed E-state index contributed by atoms with van der Waals surface area (Å²) in [5, 5.41) is 30.3. The van der Waals surface area contributed by atoms with Gasteiger partial charge >= 0.3 is 17.9 Å². The number of phenols is 3. The van der Waals surface area contributed by atoms with Crippen molar-refractivity contribution in [1.29, 1.82) is 0 Å². The molecule has 4 rings (SSSR count). The third-order valence-corrected chi connectivity index (χ3v) is 9.06. The summed E-state index contributed by atoms with van der Waals surface area (Å²) < 4.78 is 15.7. The van der Waals surface area contributed by atoms with Gasteiger partial charge in [0.2, 0.25) is 0 Å². The van der Waals surface area contributed by atoms with Crippen molar-refractivity contribution in [2.45, 2.75) is 94.6 Å². The fourth-order valence-electron chi connectivity index (χ4n) is 4.58. The Labute approximate surface area is 308 Å². The van der Waals surface area contributed by atoms with Crippen LogP contribution in [-0.2, 0) is 36.9 Å². The molecule has 0 saturated heterocycles. The minimum absolute atomic E-state index is 0.0536. The van der Waals surface area contributed by atoms with Crippen LogP contribution in [0.1, 0.15) is 90.0 Å². The highest BCUT2D eigenvalue weighted by Crippen LogP contribution is 2.29. The highest BCUT2D eigenvalue weighted by molar-refractivity contribution is 5.90. The van der Waals surface area contributed by atoms with E-state index in [1.165, 1.54) is 0 Å². The molecule has 52 heavy (non-hydrogen) atoms. The number of hydrogen-bond donors (Lipinski definition) is 3. The van der Waals surface area contributed by atoms with Crippen molar-refractivity contribution in [1.82, 2.24) is 0 Å². The van der Waals surface area contributed by atoms with Gasteiger partial charge in [0.1, 0.15) is 29.6 Å². The maximum Gasteiger partial charge on any atom is 0.314 e. The summed E-state index contributed by atoms with van der Waals surface area (Å²) in [5.74, 6) is 0.522. The first-order chi connectivity index (χ1) is 24.5. The number of fused-ring (bicyclic) bond motifs is 1. The molecular formula is C43H56O9.